The summed E-state index contributed by atoms with van der Waals surface area (Å²) in [6.45, 7) is 4.32. The second kappa shape index (κ2) is 14.8. The van der Waals surface area contributed by atoms with Gasteiger partial charge in [0.1, 0.15) is 12.1 Å². The van der Waals surface area contributed by atoms with Crippen molar-refractivity contribution < 1.29 is 23.9 Å². The Morgan fingerprint density at radius 2 is 1.63 bits per heavy atom. The maximum absolute atomic E-state index is 14.1. The molecule has 216 valence electrons. The highest BCUT2D eigenvalue weighted by Crippen LogP contribution is 2.51. The van der Waals surface area contributed by atoms with E-state index < -0.39 is 28.8 Å². The Kier molecular flexibility index (Phi) is 11.0. The molecule has 3 atom stereocenters. The first kappa shape index (κ1) is 30.3. The van der Waals surface area contributed by atoms with Crippen molar-refractivity contribution in [1.82, 2.24) is 5.32 Å². The normalized spacial score (nSPS) is 18.9. The number of aryl methyl sites for hydroxylation is 1. The molecule has 7 nitrogen and oxygen atoms in total. The summed E-state index contributed by atoms with van der Waals surface area (Å²) in [6.07, 6.45) is 2.60. The van der Waals surface area contributed by atoms with Crippen LogP contribution < -0.4 is 10.6 Å². The van der Waals surface area contributed by atoms with E-state index in [1.54, 1.807) is 6.92 Å². The summed E-state index contributed by atoms with van der Waals surface area (Å²) in [5.74, 6) is -1.16. The molecule has 3 aromatic rings. The summed E-state index contributed by atoms with van der Waals surface area (Å²) in [7, 11) is 0. The van der Waals surface area contributed by atoms with Crippen molar-refractivity contribution in [3.8, 4) is 0 Å². The quantitative estimate of drug-likeness (QED) is 0.194. The molecule has 1 amide bonds. The lowest BCUT2D eigenvalue weighted by Crippen LogP contribution is -2.58. The molecule has 0 radical (unpaired) electrons. The molecule has 4 rings (SSSR count). The molecule has 0 bridgehead atoms. The van der Waals surface area contributed by atoms with Gasteiger partial charge in [-0.05, 0) is 49.4 Å². The second-order valence-electron chi connectivity index (χ2n) is 10.0. The van der Waals surface area contributed by atoms with Gasteiger partial charge >= 0.3 is 11.9 Å². The van der Waals surface area contributed by atoms with Crippen LogP contribution in [0.4, 0.5) is 5.69 Å². The minimum Gasteiger partial charge on any atom is -0.466 e. The number of benzene rings is 3. The molecule has 8 heteroatoms. The maximum atomic E-state index is 14.1. The number of hydrogen-bond acceptors (Lipinski definition) is 7. The molecule has 1 aliphatic heterocycles. The zero-order valence-electron chi connectivity index (χ0n) is 23.6. The van der Waals surface area contributed by atoms with Crippen LogP contribution in [0.2, 0.25) is 0 Å². The molecule has 0 aliphatic carbocycles. The van der Waals surface area contributed by atoms with Crippen LogP contribution in [0.3, 0.4) is 0 Å². The average molecular weight is 575 g/mol. The first-order valence-corrected chi connectivity index (χ1v) is 15.0. The van der Waals surface area contributed by atoms with E-state index in [0.717, 1.165) is 28.9 Å². The van der Waals surface area contributed by atoms with Gasteiger partial charge in [-0.15, -0.1) is 11.8 Å². The minimum atomic E-state index is -1.11. The lowest BCUT2D eigenvalue weighted by Gasteiger charge is -2.39. The number of carbonyl (C=O) groups excluding carboxylic acids is 3. The van der Waals surface area contributed by atoms with Crippen LogP contribution in [-0.2, 0) is 35.0 Å². The highest BCUT2D eigenvalue weighted by Gasteiger charge is 2.50. The van der Waals surface area contributed by atoms with Crippen LogP contribution in [0.1, 0.15) is 50.7 Å². The molecule has 1 aliphatic rings. The number of nitrogens with one attached hydrogen (secondary N) is 2. The highest BCUT2D eigenvalue weighted by molar-refractivity contribution is 8.00. The number of esters is 2. The van der Waals surface area contributed by atoms with Gasteiger partial charge in [-0.3, -0.25) is 19.7 Å². The van der Waals surface area contributed by atoms with E-state index in [2.05, 4.69) is 10.6 Å². The Morgan fingerprint density at radius 1 is 0.951 bits per heavy atom. The smallest absolute Gasteiger partial charge is 0.323 e. The average Bonchev–Trinajstić information content (AvgIpc) is 3.10. The fraction of sp³-hybridized carbons (Fsp3) is 0.364. The number of rotatable bonds is 13. The van der Waals surface area contributed by atoms with E-state index >= 15 is 0 Å². The lowest BCUT2D eigenvalue weighted by atomic mass is 9.85. The van der Waals surface area contributed by atoms with Gasteiger partial charge in [-0.1, -0.05) is 86.1 Å². The van der Waals surface area contributed by atoms with Crippen LogP contribution in [0.5, 0.6) is 0 Å². The number of amides is 1. The van der Waals surface area contributed by atoms with Gasteiger partial charge in [0, 0.05) is 4.90 Å². The Hall–Kier alpha value is -3.62. The van der Waals surface area contributed by atoms with Crippen LogP contribution in [0, 0.1) is 0 Å². The van der Waals surface area contributed by atoms with E-state index in [4.69, 9.17) is 9.47 Å². The standard InChI is InChI=1S/C33H38N2O5S/c1-3-5-22-40-29(36)23-33(25-16-10-7-11-17-25)30(31(37)35-26-18-12-13-19-28(26)41-33)34-27(32(38)39-4-2)21-20-24-14-8-6-9-15-24/h6-19,27,30,34H,3-5,20-23H2,1-2H3,(H,35,37). The fourth-order valence-corrected chi connectivity index (χ4v) is 6.50. The van der Waals surface area contributed by atoms with Crippen LogP contribution in [0.25, 0.3) is 0 Å². The zero-order chi connectivity index (χ0) is 29.1. The molecular formula is C33H38N2O5S. The van der Waals surface area contributed by atoms with Crippen molar-refractivity contribution in [2.45, 2.75) is 67.7 Å². The SMILES string of the molecule is CCCCOC(=O)CC1(c2ccccc2)Sc2ccccc2NC(=O)C1NC(CCc1ccccc1)C(=O)OCC. The summed E-state index contributed by atoms with van der Waals surface area (Å²) in [5.41, 5.74) is 2.51. The van der Waals surface area contributed by atoms with Gasteiger partial charge in [0.25, 0.3) is 0 Å². The molecule has 0 fully saturated rings. The number of para-hydroxylation sites is 1. The van der Waals surface area contributed by atoms with Gasteiger partial charge in [0.15, 0.2) is 0 Å². The molecule has 0 aromatic heterocycles. The van der Waals surface area contributed by atoms with Crippen molar-refractivity contribution in [2.24, 2.45) is 0 Å². The minimum absolute atomic E-state index is 0.0704. The molecular weight excluding hydrogens is 536 g/mol. The van der Waals surface area contributed by atoms with E-state index in [1.807, 2.05) is 91.9 Å². The van der Waals surface area contributed by atoms with E-state index in [0.29, 0.717) is 25.1 Å². The largest absolute Gasteiger partial charge is 0.466 e. The Morgan fingerprint density at radius 3 is 2.34 bits per heavy atom. The third kappa shape index (κ3) is 7.77. The number of carbonyl (C=O) groups is 3. The van der Waals surface area contributed by atoms with Crippen LogP contribution >= 0.6 is 11.8 Å². The molecule has 3 unspecified atom stereocenters. The van der Waals surface area contributed by atoms with Gasteiger partial charge < -0.3 is 14.8 Å². The zero-order valence-corrected chi connectivity index (χ0v) is 24.5. The van der Waals surface area contributed by atoms with Crippen LogP contribution in [-0.4, -0.2) is 43.1 Å². The third-order valence-corrected chi connectivity index (χ3v) is 8.66. The molecule has 3 aromatic carbocycles. The van der Waals surface area contributed by atoms with Crippen molar-refractivity contribution in [3.05, 3.63) is 96.1 Å². The number of unbranched alkanes of at least 4 members (excludes halogenated alkanes) is 1. The predicted octanol–water partition coefficient (Wildman–Crippen LogP) is 5.88. The lowest BCUT2D eigenvalue weighted by molar-refractivity contribution is -0.146. The first-order chi connectivity index (χ1) is 20.0. The van der Waals surface area contributed by atoms with Crippen molar-refractivity contribution in [1.29, 1.82) is 0 Å². The summed E-state index contributed by atoms with van der Waals surface area (Å²) >= 11 is 1.44. The van der Waals surface area contributed by atoms with Gasteiger partial charge in [0.2, 0.25) is 5.91 Å². The van der Waals surface area contributed by atoms with Crippen molar-refractivity contribution >= 4 is 35.3 Å². The van der Waals surface area contributed by atoms with E-state index in [9.17, 15) is 14.4 Å². The third-order valence-electron chi connectivity index (χ3n) is 7.10. The van der Waals surface area contributed by atoms with Crippen LogP contribution in [0.15, 0.2) is 89.8 Å². The molecule has 41 heavy (non-hydrogen) atoms. The molecule has 0 saturated heterocycles. The summed E-state index contributed by atoms with van der Waals surface area (Å²) in [6, 6.07) is 25.2. The number of ether oxygens (including phenoxy) is 2. The highest BCUT2D eigenvalue weighted by atomic mass is 32.2. The number of fused-ring (bicyclic) bond motifs is 1. The van der Waals surface area contributed by atoms with Gasteiger partial charge in [0.05, 0.1) is 30.1 Å². The van der Waals surface area contributed by atoms with E-state index in [-0.39, 0.29) is 18.9 Å². The van der Waals surface area contributed by atoms with Gasteiger partial charge in [-0.25, -0.2) is 0 Å². The fourth-order valence-electron chi connectivity index (χ4n) is 4.99. The monoisotopic (exact) mass is 574 g/mol. The molecule has 2 N–H and O–H groups in total. The summed E-state index contributed by atoms with van der Waals surface area (Å²) in [4.78, 5) is 41.6. The van der Waals surface area contributed by atoms with Crippen molar-refractivity contribution in [2.75, 3.05) is 18.5 Å². The van der Waals surface area contributed by atoms with Gasteiger partial charge in [-0.2, -0.15) is 0 Å². The first-order valence-electron chi connectivity index (χ1n) is 14.2. The molecule has 0 saturated carbocycles. The topological polar surface area (TPSA) is 93.7 Å². The molecule has 1 heterocycles. The second-order valence-corrected chi connectivity index (χ2v) is 11.4. The Bertz CT molecular complexity index is 1300. The number of hydrogen-bond donors (Lipinski definition) is 2. The Labute approximate surface area is 246 Å². The number of thioether (sulfide) groups is 1. The summed E-state index contributed by atoms with van der Waals surface area (Å²) in [5, 5.41) is 6.43. The van der Waals surface area contributed by atoms with E-state index in [1.165, 1.54) is 11.8 Å². The summed E-state index contributed by atoms with van der Waals surface area (Å²) < 4.78 is 9.98. The predicted molar refractivity (Wildman–Crippen MR) is 162 cm³/mol. The van der Waals surface area contributed by atoms with Crippen molar-refractivity contribution in [3.63, 3.8) is 0 Å². The maximum Gasteiger partial charge on any atom is 0.323 e. The Balaban J connectivity index is 1.77. The molecule has 0 spiro atoms. The number of anilines is 1.